The van der Waals surface area contributed by atoms with E-state index in [1.165, 1.54) is 0 Å². The van der Waals surface area contributed by atoms with Crippen LogP contribution in [0.5, 0.6) is 5.75 Å². The Kier molecular flexibility index (Phi) is 7.70. The number of azo groups is 2. The van der Waals surface area contributed by atoms with E-state index in [-0.39, 0.29) is 13.2 Å². The molecule has 0 bridgehead atoms. The monoisotopic (exact) mass is 464 g/mol. The van der Waals surface area contributed by atoms with E-state index < -0.39 is 5.97 Å². The first-order valence-electron chi connectivity index (χ1n) is 11.1. The number of hydrogen-bond donors (Lipinski definition) is 0. The van der Waals surface area contributed by atoms with E-state index in [1.54, 1.807) is 19.1 Å². The highest BCUT2D eigenvalue weighted by Crippen LogP contribution is 2.35. The third kappa shape index (κ3) is 6.45. The van der Waals surface area contributed by atoms with Crippen LogP contribution in [0.1, 0.15) is 6.92 Å². The minimum Gasteiger partial charge on any atom is -0.490 e. The van der Waals surface area contributed by atoms with Crippen molar-refractivity contribution in [1.29, 1.82) is 0 Å². The van der Waals surface area contributed by atoms with Crippen LogP contribution in [0.3, 0.4) is 0 Å². The molecule has 0 aromatic heterocycles. The van der Waals surface area contributed by atoms with Crippen LogP contribution < -0.4 is 4.74 Å². The van der Waals surface area contributed by atoms with Crippen LogP contribution in [0.4, 0.5) is 22.7 Å². The number of hydrogen-bond acceptors (Lipinski definition) is 7. The third-order valence-electron chi connectivity index (χ3n) is 4.95. The van der Waals surface area contributed by atoms with Gasteiger partial charge < -0.3 is 9.47 Å². The highest BCUT2D eigenvalue weighted by molar-refractivity contribution is 5.99. The first kappa shape index (κ1) is 23.5. The van der Waals surface area contributed by atoms with E-state index in [9.17, 15) is 4.79 Å². The van der Waals surface area contributed by atoms with Gasteiger partial charge in [0, 0.05) is 16.3 Å². The predicted octanol–water partition coefficient (Wildman–Crippen LogP) is 8.17. The average molecular weight is 465 g/mol. The largest absolute Gasteiger partial charge is 0.490 e. The number of nitrogens with zero attached hydrogens (tertiary/aromatic N) is 4. The van der Waals surface area contributed by atoms with Gasteiger partial charge in [-0.25, -0.2) is 4.79 Å². The zero-order chi connectivity index (χ0) is 24.5. The van der Waals surface area contributed by atoms with E-state index in [4.69, 9.17) is 9.47 Å². The number of benzene rings is 4. The van der Waals surface area contributed by atoms with Crippen molar-refractivity contribution in [3.8, 4) is 5.75 Å². The Balaban J connectivity index is 1.43. The number of rotatable bonds is 9. The van der Waals surface area contributed by atoms with Crippen molar-refractivity contribution in [2.24, 2.45) is 20.5 Å². The quantitative estimate of drug-likeness (QED) is 0.108. The number of carbonyl (C=O) groups excluding carboxylic acids is 1. The fraction of sp³-hybridized carbons (Fsp3) is 0.107. The van der Waals surface area contributed by atoms with Crippen molar-refractivity contribution in [3.05, 3.63) is 103 Å². The zero-order valence-corrected chi connectivity index (χ0v) is 19.3. The molecule has 0 spiro atoms. The molecule has 0 aliphatic carbocycles. The first-order valence-corrected chi connectivity index (χ1v) is 11.1. The van der Waals surface area contributed by atoms with Gasteiger partial charge in [-0.3, -0.25) is 0 Å². The Hall–Kier alpha value is -4.65. The van der Waals surface area contributed by atoms with Gasteiger partial charge >= 0.3 is 5.97 Å². The summed E-state index contributed by atoms with van der Waals surface area (Å²) >= 11 is 0. The zero-order valence-electron chi connectivity index (χ0n) is 19.3. The van der Waals surface area contributed by atoms with Crippen molar-refractivity contribution in [2.75, 3.05) is 13.2 Å². The van der Waals surface area contributed by atoms with Gasteiger partial charge in [0.05, 0.1) is 22.7 Å². The molecule has 35 heavy (non-hydrogen) atoms. The summed E-state index contributed by atoms with van der Waals surface area (Å²) in [6.07, 6.45) is 0. The van der Waals surface area contributed by atoms with Crippen LogP contribution >= 0.6 is 0 Å². The molecule has 0 aliphatic heterocycles. The standard InChI is InChI=1S/C28H24N4O3/c1-20(2)28(33)35-19-18-34-23-14-12-22(13-15-23)30-32-27-17-16-26(24-10-6-7-11-25(24)27)31-29-21-8-4-3-5-9-21/h3-17H,1,18-19H2,2H3. The second-order valence-corrected chi connectivity index (χ2v) is 7.64. The Morgan fingerprint density at radius 2 is 1.23 bits per heavy atom. The van der Waals surface area contributed by atoms with Gasteiger partial charge in [0.2, 0.25) is 0 Å². The van der Waals surface area contributed by atoms with Crippen LogP contribution in [0, 0.1) is 0 Å². The summed E-state index contributed by atoms with van der Waals surface area (Å²) in [5.41, 5.74) is 3.33. The summed E-state index contributed by atoms with van der Waals surface area (Å²) in [4.78, 5) is 11.4. The van der Waals surface area contributed by atoms with Crippen LogP contribution in [-0.4, -0.2) is 19.2 Å². The maximum absolute atomic E-state index is 11.4. The molecule has 0 heterocycles. The molecule has 0 N–H and O–H groups in total. The second kappa shape index (κ2) is 11.5. The molecule has 7 heteroatoms. The van der Waals surface area contributed by atoms with Crippen LogP contribution in [0.25, 0.3) is 10.8 Å². The second-order valence-electron chi connectivity index (χ2n) is 7.64. The van der Waals surface area contributed by atoms with Gasteiger partial charge in [-0.2, -0.15) is 10.2 Å². The molecule has 4 aromatic carbocycles. The lowest BCUT2D eigenvalue weighted by atomic mass is 10.1. The summed E-state index contributed by atoms with van der Waals surface area (Å²) in [5, 5.41) is 19.5. The normalized spacial score (nSPS) is 11.2. The number of ether oxygens (including phenoxy) is 2. The fourth-order valence-corrected chi connectivity index (χ4v) is 3.19. The minimum absolute atomic E-state index is 0.154. The molecule has 0 aliphatic rings. The number of fused-ring (bicyclic) bond motifs is 1. The molecular weight excluding hydrogens is 440 g/mol. The molecule has 7 nitrogen and oxygen atoms in total. The van der Waals surface area contributed by atoms with Crippen molar-refractivity contribution in [2.45, 2.75) is 6.92 Å². The summed E-state index contributed by atoms with van der Waals surface area (Å²) in [5.74, 6) is 0.220. The molecule has 0 atom stereocenters. The Bertz CT molecular complexity index is 1380. The number of esters is 1. The van der Waals surface area contributed by atoms with E-state index in [0.717, 1.165) is 27.8 Å². The topological polar surface area (TPSA) is 85.0 Å². The van der Waals surface area contributed by atoms with E-state index in [1.807, 2.05) is 78.9 Å². The van der Waals surface area contributed by atoms with Crippen molar-refractivity contribution in [3.63, 3.8) is 0 Å². The molecule has 174 valence electrons. The van der Waals surface area contributed by atoms with E-state index >= 15 is 0 Å². The molecule has 0 unspecified atom stereocenters. The van der Waals surface area contributed by atoms with E-state index in [0.29, 0.717) is 17.0 Å². The lowest BCUT2D eigenvalue weighted by Crippen LogP contribution is -2.12. The maximum atomic E-state index is 11.4. The van der Waals surface area contributed by atoms with Crippen molar-refractivity contribution >= 4 is 39.5 Å². The molecular formula is C28H24N4O3. The summed E-state index contributed by atoms with van der Waals surface area (Å²) in [6, 6.07) is 28.5. The number of carbonyl (C=O) groups is 1. The predicted molar refractivity (Wildman–Crippen MR) is 136 cm³/mol. The molecule has 0 radical (unpaired) electrons. The fourth-order valence-electron chi connectivity index (χ4n) is 3.19. The van der Waals surface area contributed by atoms with Crippen molar-refractivity contribution in [1.82, 2.24) is 0 Å². The van der Waals surface area contributed by atoms with Gasteiger partial charge in [0.15, 0.2) is 0 Å². The highest BCUT2D eigenvalue weighted by Gasteiger charge is 2.06. The van der Waals surface area contributed by atoms with Gasteiger partial charge in [-0.1, -0.05) is 49.0 Å². The van der Waals surface area contributed by atoms with Gasteiger partial charge in [0.1, 0.15) is 19.0 Å². The Labute approximate surface area is 203 Å². The maximum Gasteiger partial charge on any atom is 0.333 e. The van der Waals surface area contributed by atoms with Crippen LogP contribution in [0.2, 0.25) is 0 Å². The summed E-state index contributed by atoms with van der Waals surface area (Å²) in [7, 11) is 0. The van der Waals surface area contributed by atoms with Gasteiger partial charge in [-0.05, 0) is 55.5 Å². The van der Waals surface area contributed by atoms with Crippen LogP contribution in [0.15, 0.2) is 124 Å². The molecule has 4 rings (SSSR count). The van der Waals surface area contributed by atoms with E-state index in [2.05, 4.69) is 27.0 Å². The SMILES string of the molecule is C=C(C)C(=O)OCCOc1ccc(N=Nc2ccc(N=Nc3ccccc3)c3ccccc23)cc1. The van der Waals surface area contributed by atoms with Gasteiger partial charge in [-0.15, -0.1) is 10.2 Å². The van der Waals surface area contributed by atoms with Crippen LogP contribution in [-0.2, 0) is 9.53 Å². The van der Waals surface area contributed by atoms with Gasteiger partial charge in [0.25, 0.3) is 0 Å². The van der Waals surface area contributed by atoms with Crippen molar-refractivity contribution < 1.29 is 14.3 Å². The smallest absolute Gasteiger partial charge is 0.333 e. The molecule has 4 aromatic rings. The summed E-state index contributed by atoms with van der Waals surface area (Å²) < 4.78 is 10.6. The molecule has 0 fully saturated rings. The third-order valence-corrected chi connectivity index (χ3v) is 4.95. The molecule has 0 amide bonds. The lowest BCUT2D eigenvalue weighted by molar-refractivity contribution is -0.139. The Morgan fingerprint density at radius 1 is 0.686 bits per heavy atom. The lowest BCUT2D eigenvalue weighted by Gasteiger charge is -2.07. The average Bonchev–Trinajstić information content (AvgIpc) is 2.90. The minimum atomic E-state index is -0.427. The molecule has 0 saturated carbocycles. The Morgan fingerprint density at radius 3 is 1.80 bits per heavy atom. The molecule has 0 saturated heterocycles. The summed E-state index contributed by atoms with van der Waals surface area (Å²) in [6.45, 7) is 5.54. The highest BCUT2D eigenvalue weighted by atomic mass is 16.6. The first-order chi connectivity index (χ1) is 17.1.